The van der Waals surface area contributed by atoms with E-state index >= 15 is 0 Å². The Morgan fingerprint density at radius 3 is 2.57 bits per heavy atom. The molecule has 8 heteroatoms. The molecular formula is C13H21N5O3. The van der Waals surface area contributed by atoms with Crippen LogP contribution >= 0.6 is 0 Å². The lowest BCUT2D eigenvalue weighted by atomic mass is 10.2. The maximum atomic E-state index is 10.5. The summed E-state index contributed by atoms with van der Waals surface area (Å²) in [6, 6.07) is 0.238. The Labute approximate surface area is 123 Å². The van der Waals surface area contributed by atoms with E-state index in [1.54, 1.807) is 0 Å². The lowest BCUT2D eigenvalue weighted by molar-refractivity contribution is -0.136. The lowest BCUT2D eigenvalue weighted by Crippen LogP contribution is -2.27. The van der Waals surface area contributed by atoms with Gasteiger partial charge in [0.1, 0.15) is 0 Å². The van der Waals surface area contributed by atoms with Crippen LogP contribution in [0.2, 0.25) is 0 Å². The smallest absolute Gasteiger partial charge is 0.322 e. The van der Waals surface area contributed by atoms with Crippen molar-refractivity contribution >= 4 is 17.9 Å². The van der Waals surface area contributed by atoms with Crippen molar-refractivity contribution in [2.45, 2.75) is 32.1 Å². The summed E-state index contributed by atoms with van der Waals surface area (Å²) in [6.07, 6.45) is 4.70. The third-order valence-electron chi connectivity index (χ3n) is 3.30. The number of ether oxygens (including phenoxy) is 1. The van der Waals surface area contributed by atoms with Gasteiger partial charge in [0.05, 0.1) is 13.5 Å². The minimum absolute atomic E-state index is 0.00699. The molecule has 0 bridgehead atoms. The van der Waals surface area contributed by atoms with E-state index in [-0.39, 0.29) is 19.0 Å². The first-order valence-corrected chi connectivity index (χ1v) is 7.19. The van der Waals surface area contributed by atoms with E-state index < -0.39 is 5.97 Å². The highest BCUT2D eigenvalue weighted by molar-refractivity contribution is 5.67. The first-order valence-electron chi connectivity index (χ1n) is 7.19. The summed E-state index contributed by atoms with van der Waals surface area (Å²) in [5.74, 6) is 0.0696. The molecule has 0 radical (unpaired) electrons. The third-order valence-corrected chi connectivity index (χ3v) is 3.30. The molecule has 1 aromatic heterocycles. The van der Waals surface area contributed by atoms with Crippen molar-refractivity contribution in [2.24, 2.45) is 0 Å². The van der Waals surface area contributed by atoms with Gasteiger partial charge in [0.25, 0.3) is 0 Å². The number of carbonyl (C=O) groups is 1. The van der Waals surface area contributed by atoms with Crippen LogP contribution in [0.3, 0.4) is 0 Å². The Bertz CT molecular complexity index is 475. The summed E-state index contributed by atoms with van der Waals surface area (Å²) in [5.41, 5.74) is 0. The first kappa shape index (κ1) is 15.3. The van der Waals surface area contributed by atoms with Gasteiger partial charge in [-0.05, 0) is 12.8 Å². The van der Waals surface area contributed by atoms with E-state index in [0.29, 0.717) is 11.9 Å². The van der Waals surface area contributed by atoms with E-state index in [1.165, 1.54) is 20.0 Å². The normalized spacial score (nSPS) is 15.4. The molecule has 0 atom stereocenters. The van der Waals surface area contributed by atoms with Gasteiger partial charge >= 0.3 is 12.0 Å². The molecule has 2 rings (SSSR count). The van der Waals surface area contributed by atoms with Crippen molar-refractivity contribution in [3.05, 3.63) is 0 Å². The fourth-order valence-corrected chi connectivity index (χ4v) is 2.21. The van der Waals surface area contributed by atoms with Crippen LogP contribution in [0, 0.1) is 0 Å². The second-order valence-corrected chi connectivity index (χ2v) is 4.92. The molecule has 0 aromatic carbocycles. The van der Waals surface area contributed by atoms with Crippen molar-refractivity contribution in [1.29, 1.82) is 0 Å². The summed E-state index contributed by atoms with van der Waals surface area (Å²) in [7, 11) is 1.50. The number of hydrogen-bond donors (Lipinski definition) is 2. The highest BCUT2D eigenvalue weighted by atomic mass is 16.5. The average Bonchev–Trinajstić information content (AvgIpc) is 2.75. The first-order chi connectivity index (χ1) is 10.2. The summed E-state index contributed by atoms with van der Waals surface area (Å²) in [5, 5.41) is 11.6. The van der Waals surface area contributed by atoms with Gasteiger partial charge in [-0.2, -0.15) is 15.0 Å². The predicted molar refractivity (Wildman–Crippen MR) is 77.8 cm³/mol. The minimum atomic E-state index is -0.865. The molecule has 116 valence electrons. The molecule has 0 spiro atoms. The maximum absolute atomic E-state index is 10.5. The van der Waals surface area contributed by atoms with Gasteiger partial charge in [0.15, 0.2) is 0 Å². The molecule has 0 amide bonds. The molecule has 1 fully saturated rings. The largest absolute Gasteiger partial charge is 0.481 e. The van der Waals surface area contributed by atoms with E-state index in [2.05, 4.69) is 25.2 Å². The molecule has 1 saturated heterocycles. The van der Waals surface area contributed by atoms with Crippen LogP contribution in [0.25, 0.3) is 0 Å². The SMILES string of the molecule is COc1nc(NCCC(=O)O)nc(N2CCCCCC2)n1. The quantitative estimate of drug-likeness (QED) is 0.806. The fraction of sp³-hybridized carbons (Fsp3) is 0.692. The number of nitrogens with one attached hydrogen (secondary N) is 1. The Hall–Kier alpha value is -2.12. The molecule has 0 aliphatic carbocycles. The van der Waals surface area contributed by atoms with Crippen molar-refractivity contribution in [2.75, 3.05) is 37.0 Å². The molecule has 2 N–H and O–H groups in total. The van der Waals surface area contributed by atoms with Crippen LogP contribution < -0.4 is 15.0 Å². The third kappa shape index (κ3) is 4.73. The lowest BCUT2D eigenvalue weighted by Gasteiger charge is -2.20. The van der Waals surface area contributed by atoms with Gasteiger partial charge in [-0.15, -0.1) is 0 Å². The topological polar surface area (TPSA) is 100 Å². The summed E-state index contributed by atoms with van der Waals surface area (Å²) >= 11 is 0. The number of anilines is 2. The summed E-state index contributed by atoms with van der Waals surface area (Å²) in [6.45, 7) is 2.10. The molecule has 0 saturated carbocycles. The number of aliphatic carboxylic acids is 1. The molecule has 1 aliphatic heterocycles. The zero-order valence-corrected chi connectivity index (χ0v) is 12.2. The Balaban J connectivity index is 2.10. The van der Waals surface area contributed by atoms with E-state index in [0.717, 1.165) is 25.9 Å². The highest BCUT2D eigenvalue weighted by Gasteiger charge is 2.15. The molecule has 2 heterocycles. The molecular weight excluding hydrogens is 274 g/mol. The van der Waals surface area contributed by atoms with Gasteiger partial charge in [-0.25, -0.2) is 0 Å². The Morgan fingerprint density at radius 2 is 1.95 bits per heavy atom. The number of nitrogens with zero attached hydrogens (tertiary/aromatic N) is 4. The number of aromatic nitrogens is 3. The summed E-state index contributed by atoms with van der Waals surface area (Å²) in [4.78, 5) is 25.4. The molecule has 1 aromatic rings. The van der Waals surface area contributed by atoms with Gasteiger partial charge < -0.3 is 20.1 Å². The van der Waals surface area contributed by atoms with Gasteiger partial charge in [0, 0.05) is 19.6 Å². The van der Waals surface area contributed by atoms with E-state index in [4.69, 9.17) is 9.84 Å². The second-order valence-electron chi connectivity index (χ2n) is 4.92. The predicted octanol–water partition coefficient (Wildman–Crippen LogP) is 1.15. The Kier molecular flexibility index (Phi) is 5.53. The van der Waals surface area contributed by atoms with Crippen LogP contribution in [-0.4, -0.2) is 52.8 Å². The maximum Gasteiger partial charge on any atom is 0.322 e. The number of hydrogen-bond acceptors (Lipinski definition) is 7. The van der Waals surface area contributed by atoms with Crippen LogP contribution in [0.1, 0.15) is 32.1 Å². The van der Waals surface area contributed by atoms with Crippen molar-refractivity contribution in [3.63, 3.8) is 0 Å². The minimum Gasteiger partial charge on any atom is -0.481 e. The zero-order chi connectivity index (χ0) is 15.1. The fourth-order valence-electron chi connectivity index (χ4n) is 2.21. The van der Waals surface area contributed by atoms with Crippen LogP contribution in [-0.2, 0) is 4.79 Å². The van der Waals surface area contributed by atoms with Crippen molar-refractivity contribution in [1.82, 2.24) is 15.0 Å². The van der Waals surface area contributed by atoms with Crippen LogP contribution in [0.4, 0.5) is 11.9 Å². The van der Waals surface area contributed by atoms with Gasteiger partial charge in [-0.3, -0.25) is 4.79 Å². The van der Waals surface area contributed by atoms with Crippen molar-refractivity contribution in [3.8, 4) is 6.01 Å². The number of methoxy groups -OCH3 is 1. The monoisotopic (exact) mass is 295 g/mol. The van der Waals surface area contributed by atoms with Crippen molar-refractivity contribution < 1.29 is 14.6 Å². The van der Waals surface area contributed by atoms with Crippen LogP contribution in [0.5, 0.6) is 6.01 Å². The van der Waals surface area contributed by atoms with Gasteiger partial charge in [0.2, 0.25) is 11.9 Å². The number of carboxylic acids is 1. The standard InChI is InChI=1S/C13H21N5O3/c1-21-13-16-11(14-7-6-10(19)20)15-12(17-13)18-8-4-2-3-5-9-18/h2-9H2,1H3,(H,19,20)(H,14,15,16,17). The number of carboxylic acid groups (broad SMARTS) is 1. The number of rotatable bonds is 6. The van der Waals surface area contributed by atoms with E-state index in [9.17, 15) is 4.79 Å². The average molecular weight is 295 g/mol. The highest BCUT2D eigenvalue weighted by Crippen LogP contribution is 2.18. The molecule has 1 aliphatic rings. The van der Waals surface area contributed by atoms with Crippen LogP contribution in [0.15, 0.2) is 0 Å². The zero-order valence-electron chi connectivity index (χ0n) is 12.2. The summed E-state index contributed by atoms with van der Waals surface area (Å²) < 4.78 is 5.10. The second kappa shape index (κ2) is 7.61. The van der Waals surface area contributed by atoms with Gasteiger partial charge in [-0.1, -0.05) is 12.8 Å². The Morgan fingerprint density at radius 1 is 1.24 bits per heavy atom. The van der Waals surface area contributed by atoms with E-state index in [1.807, 2.05) is 0 Å². The molecule has 21 heavy (non-hydrogen) atoms. The molecule has 8 nitrogen and oxygen atoms in total. The molecule has 0 unspecified atom stereocenters.